The fraction of sp³-hybridized carbons (Fsp3) is 0.294. The third-order valence-corrected chi connectivity index (χ3v) is 4.07. The first-order chi connectivity index (χ1) is 11.3. The molecule has 3 aromatic rings. The molecule has 1 aliphatic heterocycles. The molecule has 1 fully saturated rings. The van der Waals surface area contributed by atoms with Crippen LogP contribution in [0.5, 0.6) is 5.75 Å². The predicted molar refractivity (Wildman–Crippen MR) is 88.2 cm³/mol. The molecule has 0 atom stereocenters. The highest BCUT2D eigenvalue weighted by Gasteiger charge is 2.17. The lowest BCUT2D eigenvalue weighted by molar-refractivity contribution is 0.0262. The van der Waals surface area contributed by atoms with Gasteiger partial charge in [0.25, 0.3) is 0 Å². The van der Waals surface area contributed by atoms with E-state index in [9.17, 15) is 0 Å². The van der Waals surface area contributed by atoms with Crippen LogP contribution in [-0.4, -0.2) is 34.5 Å². The van der Waals surface area contributed by atoms with Crippen molar-refractivity contribution in [1.29, 1.82) is 0 Å². The highest BCUT2D eigenvalue weighted by atomic mass is 16.5. The normalized spacial score (nSPS) is 15.8. The van der Waals surface area contributed by atoms with E-state index in [1.165, 1.54) is 0 Å². The molecule has 0 radical (unpaired) electrons. The number of nitrogens with two attached hydrogens (primary N) is 1. The van der Waals surface area contributed by atoms with E-state index in [1.54, 1.807) is 12.3 Å². The van der Waals surface area contributed by atoms with Gasteiger partial charge in [0, 0.05) is 36.1 Å². The zero-order chi connectivity index (χ0) is 15.6. The molecule has 0 unspecified atom stereocenters. The van der Waals surface area contributed by atoms with E-state index in [0.29, 0.717) is 5.82 Å². The van der Waals surface area contributed by atoms with Crippen LogP contribution in [0.2, 0.25) is 0 Å². The molecule has 4 rings (SSSR count). The quantitative estimate of drug-likeness (QED) is 0.777. The summed E-state index contributed by atoms with van der Waals surface area (Å²) in [5.74, 6) is 1.25. The summed E-state index contributed by atoms with van der Waals surface area (Å²) in [7, 11) is 0. The molecule has 0 amide bonds. The Bertz CT molecular complexity index is 811. The number of aromatic nitrogens is 3. The number of nitrogens with zero attached hydrogens (tertiary/aromatic N) is 2. The van der Waals surface area contributed by atoms with Crippen LogP contribution < -0.4 is 10.5 Å². The Labute approximate surface area is 133 Å². The van der Waals surface area contributed by atoms with Crippen molar-refractivity contribution in [1.82, 2.24) is 15.2 Å². The average Bonchev–Trinajstić information content (AvgIpc) is 3.09. The molecular weight excluding hydrogens is 292 g/mol. The standard InChI is InChI=1S/C17H18N4O2/c18-17-10-16(23-12-4-7-22-8-5-12)13-2-1-11(9-15(13)20-17)14-3-6-19-21-14/h1-3,6,9-10,12H,4-5,7-8H2,(H2,18,20)(H,19,21). The molecule has 6 heteroatoms. The molecule has 0 spiro atoms. The summed E-state index contributed by atoms with van der Waals surface area (Å²) in [6.45, 7) is 1.49. The molecule has 2 aromatic heterocycles. The number of hydrogen-bond donors (Lipinski definition) is 2. The summed E-state index contributed by atoms with van der Waals surface area (Å²) in [4.78, 5) is 4.44. The molecule has 3 heterocycles. The van der Waals surface area contributed by atoms with Crippen molar-refractivity contribution >= 4 is 16.7 Å². The van der Waals surface area contributed by atoms with Gasteiger partial charge in [0.05, 0.1) is 24.4 Å². The molecule has 0 saturated carbocycles. The van der Waals surface area contributed by atoms with Crippen molar-refractivity contribution in [3.05, 3.63) is 36.5 Å². The number of hydrogen-bond acceptors (Lipinski definition) is 5. The number of fused-ring (bicyclic) bond motifs is 1. The van der Waals surface area contributed by atoms with Crippen LogP contribution in [0.1, 0.15) is 12.8 Å². The van der Waals surface area contributed by atoms with Crippen molar-refractivity contribution in [2.45, 2.75) is 18.9 Å². The van der Waals surface area contributed by atoms with E-state index < -0.39 is 0 Å². The summed E-state index contributed by atoms with van der Waals surface area (Å²) in [6, 6.07) is 9.77. The number of aromatic amines is 1. The highest BCUT2D eigenvalue weighted by molar-refractivity contribution is 5.90. The third-order valence-electron chi connectivity index (χ3n) is 4.07. The number of nitrogens with one attached hydrogen (secondary N) is 1. The number of H-pyrrole nitrogens is 1. The van der Waals surface area contributed by atoms with Gasteiger partial charge in [-0.05, 0) is 18.2 Å². The van der Waals surface area contributed by atoms with Gasteiger partial charge in [0.1, 0.15) is 17.7 Å². The number of ether oxygens (including phenoxy) is 2. The van der Waals surface area contributed by atoms with Crippen LogP contribution >= 0.6 is 0 Å². The molecule has 1 saturated heterocycles. The van der Waals surface area contributed by atoms with Crippen LogP contribution in [-0.2, 0) is 4.74 Å². The molecule has 0 bridgehead atoms. The molecule has 0 aliphatic carbocycles. The van der Waals surface area contributed by atoms with Gasteiger partial charge in [-0.2, -0.15) is 5.10 Å². The monoisotopic (exact) mass is 310 g/mol. The van der Waals surface area contributed by atoms with Crippen molar-refractivity contribution < 1.29 is 9.47 Å². The third kappa shape index (κ3) is 2.85. The molecule has 23 heavy (non-hydrogen) atoms. The van der Waals surface area contributed by atoms with Crippen LogP contribution in [0.3, 0.4) is 0 Å². The number of rotatable bonds is 3. The zero-order valence-corrected chi connectivity index (χ0v) is 12.7. The Kier molecular flexibility index (Phi) is 3.59. The maximum atomic E-state index is 6.16. The van der Waals surface area contributed by atoms with Crippen LogP contribution in [0.25, 0.3) is 22.2 Å². The number of nitrogen functional groups attached to an aromatic ring is 1. The van der Waals surface area contributed by atoms with Crippen LogP contribution in [0, 0.1) is 0 Å². The van der Waals surface area contributed by atoms with Gasteiger partial charge in [-0.25, -0.2) is 4.98 Å². The first kappa shape index (κ1) is 14.0. The fourth-order valence-electron chi connectivity index (χ4n) is 2.87. The van der Waals surface area contributed by atoms with Crippen molar-refractivity contribution in [2.75, 3.05) is 18.9 Å². The van der Waals surface area contributed by atoms with Gasteiger partial charge in [-0.15, -0.1) is 0 Å². The zero-order valence-electron chi connectivity index (χ0n) is 12.7. The summed E-state index contributed by atoms with van der Waals surface area (Å²) in [5, 5.41) is 7.91. The first-order valence-corrected chi connectivity index (χ1v) is 7.74. The Balaban J connectivity index is 1.72. The van der Waals surface area contributed by atoms with E-state index in [1.807, 2.05) is 24.3 Å². The summed E-state index contributed by atoms with van der Waals surface area (Å²) in [5.41, 5.74) is 8.75. The van der Waals surface area contributed by atoms with E-state index >= 15 is 0 Å². The molecular formula is C17H18N4O2. The van der Waals surface area contributed by atoms with Crippen LogP contribution in [0.15, 0.2) is 36.5 Å². The maximum absolute atomic E-state index is 6.16. The van der Waals surface area contributed by atoms with Crippen molar-refractivity contribution in [3.63, 3.8) is 0 Å². The van der Waals surface area contributed by atoms with Gasteiger partial charge in [-0.3, -0.25) is 5.10 Å². The Hall–Kier alpha value is -2.60. The molecule has 1 aromatic carbocycles. The molecule has 118 valence electrons. The maximum Gasteiger partial charge on any atom is 0.132 e. The topological polar surface area (TPSA) is 86.0 Å². The SMILES string of the molecule is Nc1cc(OC2CCOCC2)c2ccc(-c3ccn[nH]3)cc2n1. The lowest BCUT2D eigenvalue weighted by Gasteiger charge is -2.24. The average molecular weight is 310 g/mol. The van der Waals surface area contributed by atoms with Gasteiger partial charge < -0.3 is 15.2 Å². The molecule has 3 N–H and O–H groups in total. The molecule has 6 nitrogen and oxygen atoms in total. The number of pyridine rings is 1. The van der Waals surface area contributed by atoms with Crippen molar-refractivity contribution in [2.24, 2.45) is 0 Å². The van der Waals surface area contributed by atoms with Gasteiger partial charge in [0.2, 0.25) is 0 Å². The summed E-state index contributed by atoms with van der Waals surface area (Å²) >= 11 is 0. The van der Waals surface area contributed by atoms with E-state index in [0.717, 1.165) is 54.0 Å². The highest BCUT2D eigenvalue weighted by Crippen LogP contribution is 2.31. The number of anilines is 1. The van der Waals surface area contributed by atoms with Gasteiger partial charge in [0.15, 0.2) is 0 Å². The second-order valence-electron chi connectivity index (χ2n) is 5.68. The van der Waals surface area contributed by atoms with Gasteiger partial charge in [-0.1, -0.05) is 6.07 Å². The second-order valence-corrected chi connectivity index (χ2v) is 5.68. The first-order valence-electron chi connectivity index (χ1n) is 7.74. The van der Waals surface area contributed by atoms with E-state index in [2.05, 4.69) is 15.2 Å². The Morgan fingerprint density at radius 1 is 1.17 bits per heavy atom. The Morgan fingerprint density at radius 3 is 2.83 bits per heavy atom. The Morgan fingerprint density at radius 2 is 2.04 bits per heavy atom. The fourth-order valence-corrected chi connectivity index (χ4v) is 2.87. The lowest BCUT2D eigenvalue weighted by Crippen LogP contribution is -2.26. The molecule has 1 aliphatic rings. The van der Waals surface area contributed by atoms with E-state index in [4.69, 9.17) is 15.2 Å². The second kappa shape index (κ2) is 5.89. The summed E-state index contributed by atoms with van der Waals surface area (Å²) < 4.78 is 11.5. The predicted octanol–water partition coefficient (Wildman–Crippen LogP) is 2.76. The van der Waals surface area contributed by atoms with Gasteiger partial charge >= 0.3 is 0 Å². The number of benzene rings is 1. The summed E-state index contributed by atoms with van der Waals surface area (Å²) in [6.07, 6.45) is 3.69. The van der Waals surface area contributed by atoms with E-state index in [-0.39, 0.29) is 6.10 Å². The minimum atomic E-state index is 0.168. The lowest BCUT2D eigenvalue weighted by atomic mass is 10.1. The van der Waals surface area contributed by atoms with Crippen molar-refractivity contribution in [3.8, 4) is 17.0 Å². The minimum Gasteiger partial charge on any atom is -0.489 e. The largest absolute Gasteiger partial charge is 0.489 e. The smallest absolute Gasteiger partial charge is 0.132 e. The minimum absolute atomic E-state index is 0.168. The van der Waals surface area contributed by atoms with Crippen LogP contribution in [0.4, 0.5) is 5.82 Å².